The molecule has 0 fully saturated rings. The molecule has 0 radical (unpaired) electrons. The third-order valence-corrected chi connectivity index (χ3v) is 4.63. The van der Waals surface area contributed by atoms with E-state index in [1.165, 1.54) is 12.1 Å². The summed E-state index contributed by atoms with van der Waals surface area (Å²) in [5.41, 5.74) is 2.41. The summed E-state index contributed by atoms with van der Waals surface area (Å²) < 4.78 is 0. The van der Waals surface area contributed by atoms with Crippen molar-refractivity contribution in [2.75, 3.05) is 0 Å². The second-order valence-corrected chi connectivity index (χ2v) is 6.33. The van der Waals surface area contributed by atoms with Gasteiger partial charge >= 0.3 is 28.2 Å². The topological polar surface area (TPSA) is 57.0 Å². The van der Waals surface area contributed by atoms with Gasteiger partial charge in [0.25, 0.3) is 0 Å². The Balaban J connectivity index is 0.000000994. The standard InChI is InChI=1S/C23H15N3O.ClH.Pt/c27-17-13-20(22-18-7-3-1-5-15(18)9-11-24-22)26-21(14-17)23-19-8-4-2-6-16(19)10-12-25-23;;/h1-14H,(H,26,27);1H;/q;;+2/p-2. The number of halogens is 1. The predicted octanol–water partition coefficient (Wildman–Crippen LogP) is 5.12. The quantitative estimate of drug-likeness (QED) is 0.292. The SMILES string of the molecule is O=c1cc(-c2nccc3ccccc23)[n-]c(-c2nccc3ccccc23)c1.[Cl][Pt+]. The fourth-order valence-corrected chi connectivity index (χ4v) is 3.40. The zero-order valence-electron chi connectivity index (χ0n) is 15.0. The van der Waals surface area contributed by atoms with Crippen LogP contribution in [-0.4, -0.2) is 9.97 Å². The van der Waals surface area contributed by atoms with Gasteiger partial charge in [-0.05, 0) is 35.0 Å². The van der Waals surface area contributed by atoms with Crippen LogP contribution in [0.15, 0.2) is 90.0 Å². The molecular formula is C23H14ClN3OPt. The van der Waals surface area contributed by atoms with Crippen molar-refractivity contribution in [1.82, 2.24) is 15.0 Å². The summed E-state index contributed by atoms with van der Waals surface area (Å²) in [4.78, 5) is 26.2. The van der Waals surface area contributed by atoms with Crippen LogP contribution >= 0.6 is 9.42 Å². The third kappa shape index (κ3) is 3.87. The Morgan fingerprint density at radius 1 is 0.690 bits per heavy atom. The van der Waals surface area contributed by atoms with Gasteiger partial charge in [-0.25, -0.2) is 0 Å². The molecule has 0 atom stereocenters. The van der Waals surface area contributed by atoms with E-state index in [2.05, 4.69) is 19.4 Å². The first-order valence-corrected chi connectivity index (χ1v) is 11.6. The molecule has 6 heteroatoms. The first-order chi connectivity index (χ1) is 14.3. The number of hydrogen-bond donors (Lipinski definition) is 0. The van der Waals surface area contributed by atoms with Gasteiger partial charge in [0.1, 0.15) is 0 Å². The molecule has 0 unspecified atom stereocenters. The Kier molecular flexibility index (Phi) is 5.84. The van der Waals surface area contributed by atoms with Crippen LogP contribution < -0.4 is 10.4 Å². The first-order valence-electron chi connectivity index (χ1n) is 8.79. The minimum atomic E-state index is -0.112. The third-order valence-electron chi connectivity index (χ3n) is 4.63. The molecule has 0 aliphatic rings. The molecule has 5 rings (SSSR count). The minimum absolute atomic E-state index is 0.112. The molecule has 3 heterocycles. The second kappa shape index (κ2) is 8.69. The van der Waals surface area contributed by atoms with Crippen LogP contribution in [0.1, 0.15) is 0 Å². The van der Waals surface area contributed by atoms with Crippen molar-refractivity contribution in [2.45, 2.75) is 0 Å². The summed E-state index contributed by atoms with van der Waals surface area (Å²) in [7, 11) is 4.61. The van der Waals surface area contributed by atoms with Crippen LogP contribution in [0.5, 0.6) is 0 Å². The molecule has 0 amide bonds. The zero-order chi connectivity index (χ0) is 20.2. The van der Waals surface area contributed by atoms with Crippen LogP contribution in [0.25, 0.3) is 44.3 Å². The van der Waals surface area contributed by atoms with Crippen LogP contribution in [0.4, 0.5) is 0 Å². The molecule has 5 aromatic rings. The Hall–Kier alpha value is -2.81. The van der Waals surface area contributed by atoms with Gasteiger partial charge in [0.05, 0.1) is 11.4 Å². The first kappa shape index (κ1) is 19.5. The molecule has 0 aliphatic carbocycles. The summed E-state index contributed by atoms with van der Waals surface area (Å²) in [6, 6.07) is 22.9. The van der Waals surface area contributed by atoms with E-state index < -0.39 is 0 Å². The monoisotopic (exact) mass is 578 g/mol. The molecule has 2 aromatic carbocycles. The Morgan fingerprint density at radius 3 is 1.62 bits per heavy atom. The Bertz CT molecular complexity index is 1260. The van der Waals surface area contributed by atoms with Crippen molar-refractivity contribution in [1.29, 1.82) is 0 Å². The molecule has 0 saturated heterocycles. The van der Waals surface area contributed by atoms with Crippen LogP contribution in [0.2, 0.25) is 0 Å². The molecule has 0 bridgehead atoms. The fraction of sp³-hybridized carbons (Fsp3) is 0. The summed E-state index contributed by atoms with van der Waals surface area (Å²) in [5.74, 6) is 0. The van der Waals surface area contributed by atoms with Gasteiger partial charge in [0.15, 0.2) is 5.43 Å². The average molecular weight is 579 g/mol. The zero-order valence-corrected chi connectivity index (χ0v) is 18.1. The van der Waals surface area contributed by atoms with Crippen molar-refractivity contribution in [3.05, 3.63) is 95.4 Å². The van der Waals surface area contributed by atoms with Crippen molar-refractivity contribution in [2.24, 2.45) is 0 Å². The number of aromatic nitrogens is 3. The van der Waals surface area contributed by atoms with Crippen molar-refractivity contribution < 1.29 is 18.8 Å². The van der Waals surface area contributed by atoms with Gasteiger partial charge in [-0.2, -0.15) is 0 Å². The van der Waals surface area contributed by atoms with Gasteiger partial charge in [-0.1, -0.05) is 48.5 Å². The van der Waals surface area contributed by atoms with Crippen LogP contribution in [0, 0.1) is 0 Å². The molecule has 29 heavy (non-hydrogen) atoms. The normalized spacial score (nSPS) is 10.6. The molecular weight excluding hydrogens is 565 g/mol. The summed E-state index contributed by atoms with van der Waals surface area (Å²) >= 11 is 1.61. The van der Waals surface area contributed by atoms with E-state index in [1.807, 2.05) is 60.7 Å². The average Bonchev–Trinajstić information content (AvgIpc) is 2.79. The molecule has 0 spiro atoms. The number of pyridine rings is 3. The van der Waals surface area contributed by atoms with Gasteiger partial charge in [0.2, 0.25) is 0 Å². The number of fused-ring (bicyclic) bond motifs is 2. The van der Waals surface area contributed by atoms with Gasteiger partial charge < -0.3 is 4.98 Å². The number of nitrogens with zero attached hydrogens (tertiary/aromatic N) is 3. The fourth-order valence-electron chi connectivity index (χ4n) is 3.40. The Labute approximate surface area is 182 Å². The molecule has 144 valence electrons. The van der Waals surface area contributed by atoms with E-state index in [9.17, 15) is 4.79 Å². The number of rotatable bonds is 2. The van der Waals surface area contributed by atoms with Gasteiger partial charge in [-0.15, -0.1) is 11.4 Å². The summed E-state index contributed by atoms with van der Waals surface area (Å²) in [5, 5.41) is 4.06. The van der Waals surface area contributed by atoms with E-state index >= 15 is 0 Å². The van der Waals surface area contributed by atoms with Crippen LogP contribution in [-0.2, 0) is 18.8 Å². The summed E-state index contributed by atoms with van der Waals surface area (Å²) in [6.45, 7) is 0. The van der Waals surface area contributed by atoms with Crippen LogP contribution in [0.3, 0.4) is 0 Å². The maximum atomic E-state index is 12.4. The predicted molar refractivity (Wildman–Crippen MR) is 113 cm³/mol. The van der Waals surface area contributed by atoms with Crippen molar-refractivity contribution >= 4 is 31.0 Å². The van der Waals surface area contributed by atoms with Gasteiger partial charge in [-0.3, -0.25) is 14.8 Å². The van der Waals surface area contributed by atoms with E-state index in [4.69, 9.17) is 4.98 Å². The summed E-state index contributed by atoms with van der Waals surface area (Å²) in [6.07, 6.45) is 3.49. The molecule has 4 nitrogen and oxygen atoms in total. The molecule has 3 aromatic heterocycles. The van der Waals surface area contributed by atoms with Crippen molar-refractivity contribution in [3.8, 4) is 22.8 Å². The second-order valence-electron chi connectivity index (χ2n) is 6.33. The van der Waals surface area contributed by atoms with Crippen molar-refractivity contribution in [3.63, 3.8) is 0 Å². The van der Waals surface area contributed by atoms with E-state index in [-0.39, 0.29) is 5.43 Å². The maximum absolute atomic E-state index is 12.4. The van der Waals surface area contributed by atoms with E-state index in [0.29, 0.717) is 22.8 Å². The van der Waals surface area contributed by atoms with E-state index in [0.717, 1.165) is 21.5 Å². The van der Waals surface area contributed by atoms with E-state index in [1.54, 1.807) is 31.2 Å². The molecule has 0 N–H and O–H groups in total. The Morgan fingerprint density at radius 2 is 1.14 bits per heavy atom. The molecule has 0 aliphatic heterocycles. The number of hydrogen-bond acceptors (Lipinski definition) is 3. The van der Waals surface area contributed by atoms with Gasteiger partial charge in [0, 0.05) is 23.2 Å². The number of benzene rings is 2. The molecule has 0 saturated carbocycles.